The minimum atomic E-state index is -1.28. The molecule has 0 aromatic carbocycles. The van der Waals surface area contributed by atoms with E-state index in [-0.39, 0.29) is 0 Å². The van der Waals surface area contributed by atoms with Gasteiger partial charge in [-0.1, -0.05) is 46.5 Å². The van der Waals surface area contributed by atoms with Crippen LogP contribution in [0, 0.1) is 5.41 Å². The molecular formula is C12H28O2Si. The Morgan fingerprint density at radius 3 is 1.87 bits per heavy atom. The molecule has 0 aliphatic carbocycles. The predicted molar refractivity (Wildman–Crippen MR) is 68.5 cm³/mol. The first-order chi connectivity index (χ1) is 6.99. The molecular weight excluding hydrogens is 204 g/mol. The summed E-state index contributed by atoms with van der Waals surface area (Å²) in [6, 6.07) is 1.16. The van der Waals surface area contributed by atoms with Gasteiger partial charge in [-0.3, -0.25) is 0 Å². The van der Waals surface area contributed by atoms with Crippen LogP contribution in [0.5, 0.6) is 0 Å². The van der Waals surface area contributed by atoms with Gasteiger partial charge in [0, 0.05) is 14.2 Å². The van der Waals surface area contributed by atoms with Crippen molar-refractivity contribution in [2.45, 2.75) is 58.9 Å². The summed E-state index contributed by atoms with van der Waals surface area (Å²) in [4.78, 5) is 0. The number of rotatable bonds is 8. The highest BCUT2D eigenvalue weighted by Crippen LogP contribution is 2.22. The van der Waals surface area contributed by atoms with Crippen LogP contribution in [-0.2, 0) is 8.85 Å². The van der Waals surface area contributed by atoms with E-state index in [1.54, 1.807) is 14.2 Å². The maximum atomic E-state index is 5.28. The van der Waals surface area contributed by atoms with E-state index in [0.717, 1.165) is 6.04 Å². The van der Waals surface area contributed by atoms with Gasteiger partial charge in [-0.15, -0.1) is 0 Å². The average molecular weight is 232 g/mol. The van der Waals surface area contributed by atoms with Gasteiger partial charge in [0.1, 0.15) is 0 Å². The van der Waals surface area contributed by atoms with Crippen LogP contribution in [0.25, 0.3) is 0 Å². The molecule has 0 fully saturated rings. The molecule has 0 heterocycles. The summed E-state index contributed by atoms with van der Waals surface area (Å²) in [6.45, 7) is 6.93. The van der Waals surface area contributed by atoms with Crippen molar-refractivity contribution in [3.05, 3.63) is 0 Å². The lowest BCUT2D eigenvalue weighted by atomic mass is 9.89. The van der Waals surface area contributed by atoms with Crippen molar-refractivity contribution in [2.75, 3.05) is 14.2 Å². The number of unbranched alkanes of at least 4 members (excludes halogenated alkanes) is 3. The van der Waals surface area contributed by atoms with Crippen molar-refractivity contribution in [3.63, 3.8) is 0 Å². The first-order valence-electron chi connectivity index (χ1n) is 6.05. The fourth-order valence-electron chi connectivity index (χ4n) is 1.65. The highest BCUT2D eigenvalue weighted by atomic mass is 28.3. The Labute approximate surface area is 97.2 Å². The van der Waals surface area contributed by atoms with E-state index in [4.69, 9.17) is 8.85 Å². The van der Waals surface area contributed by atoms with Gasteiger partial charge in [-0.05, 0) is 17.9 Å². The zero-order chi connectivity index (χ0) is 11.7. The molecule has 15 heavy (non-hydrogen) atoms. The molecule has 0 aliphatic rings. The lowest BCUT2D eigenvalue weighted by Gasteiger charge is -2.17. The second-order valence-electron chi connectivity index (χ2n) is 5.41. The van der Waals surface area contributed by atoms with Crippen LogP contribution in [0.1, 0.15) is 52.9 Å². The molecule has 0 aromatic rings. The molecule has 0 radical (unpaired) electrons. The molecule has 3 heteroatoms. The molecule has 0 unspecified atom stereocenters. The van der Waals surface area contributed by atoms with Gasteiger partial charge in [-0.25, -0.2) is 0 Å². The van der Waals surface area contributed by atoms with Gasteiger partial charge in [0.15, 0.2) is 0 Å². The molecule has 0 aliphatic heterocycles. The van der Waals surface area contributed by atoms with Gasteiger partial charge in [0.25, 0.3) is 0 Å². The van der Waals surface area contributed by atoms with Crippen LogP contribution < -0.4 is 0 Å². The van der Waals surface area contributed by atoms with E-state index < -0.39 is 9.28 Å². The molecule has 0 atom stereocenters. The normalized spacial score (nSPS) is 12.4. The third kappa shape index (κ3) is 10.4. The van der Waals surface area contributed by atoms with Gasteiger partial charge in [0.05, 0.1) is 0 Å². The Kier molecular flexibility index (Phi) is 8.38. The van der Waals surface area contributed by atoms with Crippen LogP contribution in [-0.4, -0.2) is 23.5 Å². The topological polar surface area (TPSA) is 18.5 Å². The molecule has 0 saturated carbocycles. The van der Waals surface area contributed by atoms with Gasteiger partial charge < -0.3 is 8.85 Å². The fourth-order valence-corrected chi connectivity index (χ4v) is 2.94. The maximum Gasteiger partial charge on any atom is 0.320 e. The van der Waals surface area contributed by atoms with Gasteiger partial charge in [0.2, 0.25) is 0 Å². The van der Waals surface area contributed by atoms with E-state index in [1.807, 2.05) is 0 Å². The van der Waals surface area contributed by atoms with Crippen molar-refractivity contribution < 1.29 is 8.85 Å². The van der Waals surface area contributed by atoms with Gasteiger partial charge in [-0.2, -0.15) is 0 Å². The highest BCUT2D eigenvalue weighted by Gasteiger charge is 2.10. The first-order valence-corrected chi connectivity index (χ1v) is 7.81. The van der Waals surface area contributed by atoms with Crippen LogP contribution in [0.2, 0.25) is 6.04 Å². The summed E-state index contributed by atoms with van der Waals surface area (Å²) in [5.41, 5.74) is 0.496. The Hall–Kier alpha value is 0.137. The number of hydrogen-bond donors (Lipinski definition) is 0. The summed E-state index contributed by atoms with van der Waals surface area (Å²) < 4.78 is 10.6. The molecule has 0 N–H and O–H groups in total. The minimum Gasteiger partial charge on any atom is -0.400 e. The molecule has 0 bridgehead atoms. The second-order valence-corrected chi connectivity index (χ2v) is 7.79. The third-order valence-corrected chi connectivity index (χ3v) is 4.57. The Morgan fingerprint density at radius 1 is 0.867 bits per heavy atom. The van der Waals surface area contributed by atoms with Crippen molar-refractivity contribution >= 4 is 9.28 Å². The van der Waals surface area contributed by atoms with E-state index in [0.29, 0.717) is 5.41 Å². The van der Waals surface area contributed by atoms with Crippen LogP contribution in [0.4, 0.5) is 0 Å². The maximum absolute atomic E-state index is 5.28. The largest absolute Gasteiger partial charge is 0.400 e. The standard InChI is InChI=1S/C12H28O2Si/c1-12(2,3)10-8-6-7-9-11-15(13-4)14-5/h15H,6-11H2,1-5H3. The average Bonchev–Trinajstić information content (AvgIpc) is 2.15. The zero-order valence-electron chi connectivity index (χ0n) is 11.1. The quantitative estimate of drug-likeness (QED) is 0.471. The van der Waals surface area contributed by atoms with E-state index in [9.17, 15) is 0 Å². The van der Waals surface area contributed by atoms with Crippen LogP contribution in [0.3, 0.4) is 0 Å². The Balaban J connectivity index is 3.25. The molecule has 2 nitrogen and oxygen atoms in total. The zero-order valence-corrected chi connectivity index (χ0v) is 12.3. The third-order valence-electron chi connectivity index (χ3n) is 2.64. The predicted octanol–water partition coefficient (Wildman–Crippen LogP) is 3.50. The van der Waals surface area contributed by atoms with Crippen molar-refractivity contribution in [3.8, 4) is 0 Å². The lowest BCUT2D eigenvalue weighted by Crippen LogP contribution is -2.18. The summed E-state index contributed by atoms with van der Waals surface area (Å²) >= 11 is 0. The summed E-state index contributed by atoms with van der Waals surface area (Å²) in [5, 5.41) is 0. The Bertz CT molecular complexity index is 139. The first kappa shape index (κ1) is 15.1. The van der Waals surface area contributed by atoms with Crippen LogP contribution in [0.15, 0.2) is 0 Å². The second kappa shape index (κ2) is 8.31. The van der Waals surface area contributed by atoms with Crippen molar-refractivity contribution in [2.24, 2.45) is 5.41 Å². The molecule has 0 saturated heterocycles. The Morgan fingerprint density at radius 2 is 1.40 bits per heavy atom. The molecule has 0 rings (SSSR count). The number of hydrogen-bond acceptors (Lipinski definition) is 2. The summed E-state index contributed by atoms with van der Waals surface area (Å²) in [6.07, 6.45) is 6.64. The molecule has 0 amide bonds. The van der Waals surface area contributed by atoms with E-state index >= 15 is 0 Å². The summed E-state index contributed by atoms with van der Waals surface area (Å²) in [7, 11) is 2.25. The van der Waals surface area contributed by atoms with Crippen molar-refractivity contribution in [1.82, 2.24) is 0 Å². The van der Waals surface area contributed by atoms with Gasteiger partial charge >= 0.3 is 9.28 Å². The highest BCUT2D eigenvalue weighted by molar-refractivity contribution is 6.44. The van der Waals surface area contributed by atoms with E-state index in [1.165, 1.54) is 32.1 Å². The SMILES string of the molecule is CO[SiH](CCCCCCC(C)(C)C)OC. The van der Waals surface area contributed by atoms with E-state index in [2.05, 4.69) is 20.8 Å². The van der Waals surface area contributed by atoms with Crippen LogP contribution >= 0.6 is 0 Å². The molecule has 92 valence electrons. The monoisotopic (exact) mass is 232 g/mol. The minimum absolute atomic E-state index is 0.496. The van der Waals surface area contributed by atoms with Crippen molar-refractivity contribution in [1.29, 1.82) is 0 Å². The molecule has 0 spiro atoms. The fraction of sp³-hybridized carbons (Fsp3) is 1.00. The lowest BCUT2D eigenvalue weighted by molar-refractivity contribution is 0.275. The molecule has 0 aromatic heterocycles. The smallest absolute Gasteiger partial charge is 0.320 e. The summed E-state index contributed by atoms with van der Waals surface area (Å²) in [5.74, 6) is 0.